The van der Waals surface area contributed by atoms with Crippen LogP contribution in [-0.4, -0.2) is 39.9 Å². The number of ether oxygens (including phenoxy) is 1. The molecule has 136 valence electrons. The van der Waals surface area contributed by atoms with Gasteiger partial charge in [-0.25, -0.2) is 4.79 Å². The third kappa shape index (κ3) is 4.87. The van der Waals surface area contributed by atoms with Crippen molar-refractivity contribution in [3.8, 4) is 5.75 Å². The average Bonchev–Trinajstić information content (AvgIpc) is 2.66. The SMILES string of the molecule is CC(NC(=O)c1ccc(CN)nc1)C(=O)C(Oc1ccccc1)C(=O)O. The summed E-state index contributed by atoms with van der Waals surface area (Å²) >= 11 is 0. The zero-order chi connectivity index (χ0) is 19.1. The highest BCUT2D eigenvalue weighted by Crippen LogP contribution is 2.13. The number of benzene rings is 1. The normalized spacial score (nSPS) is 12.7. The number of nitrogens with one attached hydrogen (secondary N) is 1. The van der Waals surface area contributed by atoms with Crippen molar-refractivity contribution in [3.05, 3.63) is 59.9 Å². The Hall–Kier alpha value is -3.26. The number of nitrogens with zero attached hydrogens (tertiary/aromatic N) is 1. The summed E-state index contributed by atoms with van der Waals surface area (Å²) < 4.78 is 5.25. The second-order valence-corrected chi connectivity index (χ2v) is 5.49. The third-order valence-electron chi connectivity index (χ3n) is 3.55. The number of para-hydroxylation sites is 1. The van der Waals surface area contributed by atoms with Gasteiger partial charge in [-0.1, -0.05) is 18.2 Å². The van der Waals surface area contributed by atoms with E-state index in [-0.39, 0.29) is 17.9 Å². The molecule has 0 saturated heterocycles. The van der Waals surface area contributed by atoms with Gasteiger partial charge in [-0.05, 0) is 31.2 Å². The van der Waals surface area contributed by atoms with Gasteiger partial charge in [0.05, 0.1) is 17.3 Å². The summed E-state index contributed by atoms with van der Waals surface area (Å²) in [6.45, 7) is 1.64. The number of carbonyl (C=O) groups is 3. The summed E-state index contributed by atoms with van der Waals surface area (Å²) in [6, 6.07) is 10.2. The first-order chi connectivity index (χ1) is 12.4. The molecule has 0 aliphatic heterocycles. The molecule has 2 aromatic rings. The van der Waals surface area contributed by atoms with E-state index in [2.05, 4.69) is 10.3 Å². The van der Waals surface area contributed by atoms with Crippen LogP contribution in [0.15, 0.2) is 48.7 Å². The van der Waals surface area contributed by atoms with Crippen LogP contribution in [0.5, 0.6) is 5.75 Å². The highest BCUT2D eigenvalue weighted by molar-refractivity contribution is 6.06. The first-order valence-electron chi connectivity index (χ1n) is 7.86. The summed E-state index contributed by atoms with van der Waals surface area (Å²) in [7, 11) is 0. The maximum Gasteiger partial charge on any atom is 0.352 e. The van der Waals surface area contributed by atoms with E-state index in [1.165, 1.54) is 31.3 Å². The molecule has 2 unspecified atom stereocenters. The lowest BCUT2D eigenvalue weighted by Gasteiger charge is -2.19. The molecule has 0 saturated carbocycles. The molecule has 0 bridgehead atoms. The van der Waals surface area contributed by atoms with Gasteiger partial charge in [0.25, 0.3) is 12.0 Å². The van der Waals surface area contributed by atoms with Crippen molar-refractivity contribution in [2.75, 3.05) is 0 Å². The lowest BCUT2D eigenvalue weighted by Crippen LogP contribution is -2.48. The van der Waals surface area contributed by atoms with Crippen LogP contribution in [0.4, 0.5) is 0 Å². The van der Waals surface area contributed by atoms with Crippen molar-refractivity contribution in [1.82, 2.24) is 10.3 Å². The number of aromatic nitrogens is 1. The number of hydrogen-bond donors (Lipinski definition) is 3. The standard InChI is InChI=1S/C18H19N3O5/c1-11(21-17(23)12-7-8-13(9-19)20-10-12)15(22)16(18(24)25)26-14-5-3-2-4-6-14/h2-8,10-11,16H,9,19H2,1H3,(H,21,23)(H,24,25). The molecule has 26 heavy (non-hydrogen) atoms. The van der Waals surface area contributed by atoms with Crippen LogP contribution < -0.4 is 15.8 Å². The Bertz CT molecular complexity index is 777. The molecule has 0 fully saturated rings. The quantitative estimate of drug-likeness (QED) is 0.594. The second kappa shape index (κ2) is 8.72. The van der Waals surface area contributed by atoms with E-state index in [1.54, 1.807) is 24.3 Å². The number of carboxylic acids is 1. The van der Waals surface area contributed by atoms with Gasteiger partial charge in [0.15, 0.2) is 0 Å². The topological polar surface area (TPSA) is 132 Å². The van der Waals surface area contributed by atoms with Crippen molar-refractivity contribution in [3.63, 3.8) is 0 Å². The molecule has 0 radical (unpaired) electrons. The zero-order valence-electron chi connectivity index (χ0n) is 14.1. The number of ketones is 1. The van der Waals surface area contributed by atoms with Crippen LogP contribution in [0.25, 0.3) is 0 Å². The predicted molar refractivity (Wildman–Crippen MR) is 92.6 cm³/mol. The Labute approximate surface area is 150 Å². The van der Waals surface area contributed by atoms with E-state index in [4.69, 9.17) is 10.5 Å². The van der Waals surface area contributed by atoms with Crippen LogP contribution in [0.3, 0.4) is 0 Å². The van der Waals surface area contributed by atoms with Crippen molar-refractivity contribution in [2.24, 2.45) is 5.73 Å². The van der Waals surface area contributed by atoms with Crippen LogP contribution >= 0.6 is 0 Å². The van der Waals surface area contributed by atoms with Gasteiger partial charge in [0.2, 0.25) is 5.78 Å². The molecule has 1 amide bonds. The van der Waals surface area contributed by atoms with E-state index in [9.17, 15) is 19.5 Å². The summed E-state index contributed by atoms with van der Waals surface area (Å²) in [5.74, 6) is -2.52. The Morgan fingerprint density at radius 1 is 1.19 bits per heavy atom. The van der Waals surface area contributed by atoms with Crippen molar-refractivity contribution in [1.29, 1.82) is 0 Å². The van der Waals surface area contributed by atoms with E-state index < -0.39 is 29.8 Å². The van der Waals surface area contributed by atoms with Crippen LogP contribution in [-0.2, 0) is 16.1 Å². The first kappa shape index (κ1) is 19.1. The number of hydrogen-bond acceptors (Lipinski definition) is 6. The number of rotatable bonds is 8. The smallest absolute Gasteiger partial charge is 0.352 e. The number of Topliss-reactive ketones (excluding diaryl/α,β-unsaturated/α-hetero) is 1. The van der Waals surface area contributed by atoms with Crippen LogP contribution in [0.1, 0.15) is 23.0 Å². The summed E-state index contributed by atoms with van der Waals surface area (Å²) in [4.78, 5) is 40.0. The minimum atomic E-state index is -1.73. The highest BCUT2D eigenvalue weighted by Gasteiger charge is 2.33. The van der Waals surface area contributed by atoms with Gasteiger partial charge >= 0.3 is 5.97 Å². The van der Waals surface area contributed by atoms with Gasteiger partial charge in [-0.3, -0.25) is 14.6 Å². The first-order valence-corrected chi connectivity index (χ1v) is 7.86. The van der Waals surface area contributed by atoms with Crippen molar-refractivity contribution >= 4 is 17.7 Å². The van der Waals surface area contributed by atoms with E-state index >= 15 is 0 Å². The Morgan fingerprint density at radius 3 is 2.42 bits per heavy atom. The van der Waals surface area contributed by atoms with Crippen LogP contribution in [0, 0.1) is 0 Å². The van der Waals surface area contributed by atoms with E-state index in [0.717, 1.165) is 0 Å². The number of amides is 1. The van der Waals surface area contributed by atoms with Gasteiger partial charge in [-0.15, -0.1) is 0 Å². The molecule has 0 aliphatic rings. The largest absolute Gasteiger partial charge is 0.478 e. The third-order valence-corrected chi connectivity index (χ3v) is 3.55. The molecule has 8 heteroatoms. The molecule has 0 spiro atoms. The molecular formula is C18H19N3O5. The summed E-state index contributed by atoms with van der Waals surface area (Å²) in [5.41, 5.74) is 6.30. The van der Waals surface area contributed by atoms with Crippen molar-refractivity contribution in [2.45, 2.75) is 25.6 Å². The maximum absolute atomic E-state index is 12.4. The molecule has 8 nitrogen and oxygen atoms in total. The molecule has 2 rings (SSSR count). The number of carbonyl (C=O) groups excluding carboxylic acids is 2. The average molecular weight is 357 g/mol. The van der Waals surface area contributed by atoms with Gasteiger partial charge in [-0.2, -0.15) is 0 Å². The van der Waals surface area contributed by atoms with Gasteiger partial charge in [0.1, 0.15) is 5.75 Å². The van der Waals surface area contributed by atoms with Gasteiger partial charge in [0, 0.05) is 12.7 Å². The lowest BCUT2D eigenvalue weighted by atomic mass is 10.1. The molecule has 0 aliphatic carbocycles. The highest BCUT2D eigenvalue weighted by atomic mass is 16.5. The Kier molecular flexibility index (Phi) is 6.40. The Balaban J connectivity index is 2.05. The monoisotopic (exact) mass is 357 g/mol. The minimum absolute atomic E-state index is 0.234. The molecular weight excluding hydrogens is 338 g/mol. The number of aliphatic carboxylic acids is 1. The molecule has 1 heterocycles. The zero-order valence-corrected chi connectivity index (χ0v) is 14.1. The van der Waals surface area contributed by atoms with Crippen molar-refractivity contribution < 1.29 is 24.2 Å². The fourth-order valence-corrected chi connectivity index (χ4v) is 2.12. The summed E-state index contributed by atoms with van der Waals surface area (Å²) in [5, 5.41) is 11.7. The fraction of sp³-hybridized carbons (Fsp3) is 0.222. The minimum Gasteiger partial charge on any atom is -0.478 e. The predicted octanol–water partition coefficient (Wildman–Crippen LogP) is 0.760. The van der Waals surface area contributed by atoms with Crippen LogP contribution in [0.2, 0.25) is 0 Å². The molecule has 2 atom stereocenters. The fourth-order valence-electron chi connectivity index (χ4n) is 2.12. The molecule has 1 aromatic heterocycles. The van der Waals surface area contributed by atoms with E-state index in [1.807, 2.05) is 0 Å². The Morgan fingerprint density at radius 2 is 1.88 bits per heavy atom. The number of pyridine rings is 1. The van der Waals surface area contributed by atoms with Gasteiger partial charge < -0.3 is 20.9 Å². The molecule has 1 aromatic carbocycles. The maximum atomic E-state index is 12.4. The summed E-state index contributed by atoms with van der Waals surface area (Å²) in [6.07, 6.45) is -0.394. The second-order valence-electron chi connectivity index (χ2n) is 5.49. The van der Waals surface area contributed by atoms with E-state index in [0.29, 0.717) is 5.69 Å². The lowest BCUT2D eigenvalue weighted by molar-refractivity contribution is -0.150. The number of nitrogens with two attached hydrogens (primary N) is 1. The number of carboxylic acid groups (broad SMARTS) is 1. The molecule has 4 N–H and O–H groups in total.